The maximum absolute atomic E-state index is 13.1. The molecule has 160 valence electrons. The van der Waals surface area contributed by atoms with Crippen LogP contribution in [0.2, 0.25) is 0 Å². The second kappa shape index (κ2) is 11.6. The molecule has 0 spiro atoms. The number of ketones is 4. The minimum Gasteiger partial charge on any atom is -0.290 e. The topological polar surface area (TPSA) is 123 Å². The number of imide groups is 3. The molecule has 8 nitrogen and oxygen atoms in total. The van der Waals surface area contributed by atoms with Gasteiger partial charge >= 0.3 is 0 Å². The lowest BCUT2D eigenvalue weighted by molar-refractivity contribution is -0.148. The highest BCUT2D eigenvalue weighted by atomic mass is 16.2. The van der Waals surface area contributed by atoms with Crippen molar-refractivity contribution in [1.29, 1.82) is 0 Å². The molecule has 0 N–H and O–H groups in total. The van der Waals surface area contributed by atoms with Gasteiger partial charge in [-0.1, -0.05) is 32.9 Å². The molecule has 0 saturated carbocycles. The summed E-state index contributed by atoms with van der Waals surface area (Å²) in [6, 6.07) is 0. The van der Waals surface area contributed by atoms with E-state index in [-0.39, 0.29) is 16.0 Å². The van der Waals surface area contributed by atoms with Crippen LogP contribution in [0.25, 0.3) is 0 Å². The van der Waals surface area contributed by atoms with Gasteiger partial charge in [0.05, 0.1) is 5.57 Å². The van der Waals surface area contributed by atoms with Crippen LogP contribution in [0.1, 0.15) is 13.8 Å². The van der Waals surface area contributed by atoms with Crippen molar-refractivity contribution < 1.29 is 33.6 Å². The van der Waals surface area contributed by atoms with E-state index in [1.807, 2.05) is 0 Å². The first-order valence-corrected chi connectivity index (χ1v) is 8.57. The fraction of sp³-hybridized carbons (Fsp3) is 0.0870. The highest BCUT2D eigenvalue weighted by molar-refractivity contribution is 6.41. The van der Waals surface area contributed by atoms with Gasteiger partial charge in [-0.05, 0) is 49.8 Å². The Hall–Kier alpha value is -4.33. The third-order valence-electron chi connectivity index (χ3n) is 3.65. The first-order valence-electron chi connectivity index (χ1n) is 8.57. The summed E-state index contributed by atoms with van der Waals surface area (Å²) >= 11 is 0. The predicted molar refractivity (Wildman–Crippen MR) is 113 cm³/mol. The van der Waals surface area contributed by atoms with Gasteiger partial charge in [0.1, 0.15) is 5.57 Å². The lowest BCUT2D eigenvalue weighted by atomic mass is 9.90. The van der Waals surface area contributed by atoms with Crippen LogP contribution in [0.5, 0.6) is 0 Å². The molecule has 0 atom stereocenters. The highest BCUT2D eigenvalue weighted by Gasteiger charge is 2.37. The molecule has 0 aliphatic rings. The minimum absolute atomic E-state index is 0.0160. The second-order valence-corrected chi connectivity index (χ2v) is 5.92. The maximum atomic E-state index is 13.1. The Labute approximate surface area is 179 Å². The first-order chi connectivity index (χ1) is 14.4. The standard InChI is InChI=1S/C23H21NO7/c1-8-15(25)12-14(7)22(30)20(19(16(26)9-2)21(29)13(5)6)23(31)24(17(27)10-3)18(28)11-4/h8-12H,1-5H2,6-7H3/b14-12+,20-19-. The number of carbonyl (C=O) groups is 7. The third kappa shape index (κ3) is 6.33. The molecular weight excluding hydrogens is 402 g/mol. The van der Waals surface area contributed by atoms with Crippen LogP contribution < -0.4 is 0 Å². The Balaban J connectivity index is 7.43. The van der Waals surface area contributed by atoms with Crippen LogP contribution in [0.4, 0.5) is 0 Å². The van der Waals surface area contributed by atoms with Gasteiger partial charge in [-0.25, -0.2) is 4.90 Å². The molecule has 0 aromatic heterocycles. The monoisotopic (exact) mass is 423 g/mol. The van der Waals surface area contributed by atoms with Gasteiger partial charge in [0.15, 0.2) is 23.1 Å². The van der Waals surface area contributed by atoms with Gasteiger partial charge in [-0.3, -0.25) is 33.6 Å². The van der Waals surface area contributed by atoms with Crippen LogP contribution in [-0.4, -0.2) is 45.8 Å². The smallest absolute Gasteiger partial charge is 0.272 e. The molecule has 0 aliphatic carbocycles. The summed E-state index contributed by atoms with van der Waals surface area (Å²) in [5.41, 5.74) is -2.66. The molecule has 8 heteroatoms. The van der Waals surface area contributed by atoms with Crippen molar-refractivity contribution in [2.24, 2.45) is 0 Å². The first kappa shape index (κ1) is 26.7. The van der Waals surface area contributed by atoms with E-state index in [4.69, 9.17) is 0 Å². The number of hydrogen-bond donors (Lipinski definition) is 0. The van der Waals surface area contributed by atoms with E-state index >= 15 is 0 Å². The van der Waals surface area contributed by atoms with E-state index in [2.05, 4.69) is 32.9 Å². The van der Waals surface area contributed by atoms with Crippen LogP contribution in [0.3, 0.4) is 0 Å². The summed E-state index contributed by atoms with van der Waals surface area (Å²) in [7, 11) is 0. The summed E-state index contributed by atoms with van der Waals surface area (Å²) in [5.74, 6) is -8.25. The Kier molecular flexibility index (Phi) is 10.00. The molecule has 0 radical (unpaired) electrons. The minimum atomic E-state index is -1.58. The highest BCUT2D eigenvalue weighted by Crippen LogP contribution is 2.20. The lowest BCUT2D eigenvalue weighted by Crippen LogP contribution is -2.43. The van der Waals surface area contributed by atoms with E-state index in [0.717, 1.165) is 19.1 Å². The van der Waals surface area contributed by atoms with Crippen LogP contribution >= 0.6 is 0 Å². The van der Waals surface area contributed by atoms with E-state index < -0.39 is 52.0 Å². The molecular formula is C23H21NO7. The molecule has 3 amide bonds. The van der Waals surface area contributed by atoms with E-state index in [1.165, 1.54) is 6.92 Å². The van der Waals surface area contributed by atoms with Crippen LogP contribution in [0, 0.1) is 0 Å². The molecule has 0 aliphatic heterocycles. The van der Waals surface area contributed by atoms with Crippen LogP contribution in [-0.2, 0) is 33.6 Å². The molecule has 0 unspecified atom stereocenters. The van der Waals surface area contributed by atoms with Gasteiger partial charge in [0.25, 0.3) is 17.7 Å². The maximum Gasteiger partial charge on any atom is 0.272 e. The average Bonchev–Trinajstić information content (AvgIpc) is 2.74. The number of nitrogens with zero attached hydrogens (tertiary/aromatic N) is 1. The zero-order chi connectivity index (χ0) is 24.5. The summed E-state index contributed by atoms with van der Waals surface area (Å²) in [6.07, 6.45) is 3.58. The van der Waals surface area contributed by atoms with Gasteiger partial charge in [0.2, 0.25) is 0 Å². The number of carbonyl (C=O) groups excluding carboxylic acids is 7. The quantitative estimate of drug-likeness (QED) is 0.282. The SMILES string of the molecule is C=CC(=O)/C=C(\C)C(=O)/C(C(=O)N(C(=O)C=C)C(=O)C=C)=C(\C(=O)C=C)C(=O)C(=C)C. The van der Waals surface area contributed by atoms with Gasteiger partial charge in [-0.15, -0.1) is 0 Å². The Morgan fingerprint density at radius 2 is 1.16 bits per heavy atom. The van der Waals surface area contributed by atoms with Gasteiger partial charge in [0, 0.05) is 5.57 Å². The number of rotatable bonds is 11. The van der Waals surface area contributed by atoms with E-state index in [1.54, 1.807) is 0 Å². The van der Waals surface area contributed by atoms with Crippen molar-refractivity contribution in [2.75, 3.05) is 0 Å². The number of allylic oxidation sites excluding steroid dienone is 6. The van der Waals surface area contributed by atoms with Crippen molar-refractivity contribution in [3.8, 4) is 0 Å². The Morgan fingerprint density at radius 3 is 1.52 bits per heavy atom. The summed E-state index contributed by atoms with van der Waals surface area (Å²) < 4.78 is 0. The molecule has 0 heterocycles. The molecule has 0 rings (SSSR count). The summed E-state index contributed by atoms with van der Waals surface area (Å²) in [4.78, 5) is 87.1. The van der Waals surface area contributed by atoms with Crippen LogP contribution in [0.15, 0.2) is 85.6 Å². The summed E-state index contributed by atoms with van der Waals surface area (Å²) in [5, 5.41) is 0. The van der Waals surface area contributed by atoms with Crippen molar-refractivity contribution in [3.05, 3.63) is 85.6 Å². The molecule has 31 heavy (non-hydrogen) atoms. The normalized spacial score (nSPS) is 11.2. The average molecular weight is 423 g/mol. The van der Waals surface area contributed by atoms with Crippen molar-refractivity contribution >= 4 is 40.9 Å². The van der Waals surface area contributed by atoms with Gasteiger partial charge < -0.3 is 0 Å². The molecule has 0 saturated heterocycles. The fourth-order valence-corrected chi connectivity index (χ4v) is 2.12. The molecule has 0 aromatic carbocycles. The lowest BCUT2D eigenvalue weighted by Gasteiger charge is -2.19. The predicted octanol–water partition coefficient (Wildman–Crippen LogP) is 1.71. The molecule has 0 aromatic rings. The fourth-order valence-electron chi connectivity index (χ4n) is 2.12. The van der Waals surface area contributed by atoms with E-state index in [0.29, 0.717) is 18.2 Å². The van der Waals surface area contributed by atoms with Crippen molar-refractivity contribution in [1.82, 2.24) is 4.90 Å². The third-order valence-corrected chi connectivity index (χ3v) is 3.65. The number of Topliss-reactive ketones (excluding diaryl/α,β-unsaturated/α-hetero) is 2. The van der Waals surface area contributed by atoms with Crippen molar-refractivity contribution in [2.45, 2.75) is 13.8 Å². The largest absolute Gasteiger partial charge is 0.290 e. The Bertz CT molecular complexity index is 999. The zero-order valence-electron chi connectivity index (χ0n) is 17.2. The summed E-state index contributed by atoms with van der Waals surface area (Å²) in [6.45, 7) is 18.5. The van der Waals surface area contributed by atoms with Crippen molar-refractivity contribution in [3.63, 3.8) is 0 Å². The molecule has 0 fully saturated rings. The molecule has 0 bridgehead atoms. The Morgan fingerprint density at radius 1 is 0.677 bits per heavy atom. The second-order valence-electron chi connectivity index (χ2n) is 5.92. The number of hydrogen-bond acceptors (Lipinski definition) is 7. The van der Waals surface area contributed by atoms with E-state index in [9.17, 15) is 33.6 Å². The number of amides is 3. The zero-order valence-corrected chi connectivity index (χ0v) is 17.2. The van der Waals surface area contributed by atoms with Gasteiger partial charge in [-0.2, -0.15) is 0 Å².